The van der Waals surface area contributed by atoms with Gasteiger partial charge in [0, 0.05) is 45.0 Å². The molecule has 4 heterocycles. The molecule has 0 atom stereocenters. The number of imidazole rings is 1. The highest BCUT2D eigenvalue weighted by Crippen LogP contribution is 2.29. The number of likely N-dealkylation sites (tertiary alicyclic amines) is 1. The first kappa shape index (κ1) is 26.9. The number of nitrogens with zero attached hydrogens (tertiary/aromatic N) is 6. The summed E-state index contributed by atoms with van der Waals surface area (Å²) < 4.78 is 5.47. The summed E-state index contributed by atoms with van der Waals surface area (Å²) in [7, 11) is 1.70. The van der Waals surface area contributed by atoms with E-state index in [9.17, 15) is 4.79 Å². The van der Waals surface area contributed by atoms with Crippen molar-refractivity contribution in [3.63, 3.8) is 0 Å². The molecule has 9 nitrogen and oxygen atoms in total. The zero-order valence-corrected chi connectivity index (χ0v) is 23.1. The average molecular weight is 530 g/mol. The first-order chi connectivity index (χ1) is 19.1. The Hall–Kier alpha value is -3.72. The number of benzene rings is 2. The maximum Gasteiger partial charge on any atom is 0.219 e. The molecule has 0 unspecified atom stereocenters. The van der Waals surface area contributed by atoms with Crippen molar-refractivity contribution in [3.8, 4) is 5.75 Å². The van der Waals surface area contributed by atoms with Crippen LogP contribution < -0.4 is 9.64 Å². The molecule has 2 aromatic heterocycles. The van der Waals surface area contributed by atoms with Crippen molar-refractivity contribution in [2.75, 3.05) is 51.3 Å². The molecule has 6 rings (SSSR count). The third kappa shape index (κ3) is 6.47. The average Bonchev–Trinajstić information content (AvgIpc) is 3.69. The number of aromatic nitrogens is 4. The molecule has 2 aromatic carbocycles. The number of anilines is 1. The zero-order valence-electron chi connectivity index (χ0n) is 23.1. The standard InChI is InChI=1S/C21H28N2O2.C9H11N5/c1-17(24)23(15-14-22-12-6-3-7-13-22)16-18-10-11-21(25-2)20-9-5-4-8-19(18)20;1-2-4-14(3-1)9-7-8(11-5-10-7)12-6-13-9/h4-5,8-11H,3,6-7,12-16H2,1-2H3;5-6H,1-4H2,(H,10,11,12,13). The van der Waals surface area contributed by atoms with Gasteiger partial charge in [0.25, 0.3) is 0 Å². The minimum atomic E-state index is 0.136. The number of nitrogens with one attached hydrogen (secondary N) is 1. The number of aromatic amines is 1. The normalized spacial score (nSPS) is 15.8. The fraction of sp³-hybridized carbons (Fsp3) is 0.467. The third-order valence-corrected chi connectivity index (χ3v) is 7.74. The summed E-state index contributed by atoms with van der Waals surface area (Å²) >= 11 is 0. The van der Waals surface area contributed by atoms with Crippen LogP contribution in [0.5, 0.6) is 5.75 Å². The lowest BCUT2D eigenvalue weighted by Gasteiger charge is -2.30. The van der Waals surface area contributed by atoms with Crippen molar-refractivity contribution in [1.82, 2.24) is 29.7 Å². The fourth-order valence-electron chi connectivity index (χ4n) is 5.57. The fourth-order valence-corrected chi connectivity index (χ4v) is 5.57. The van der Waals surface area contributed by atoms with E-state index in [4.69, 9.17) is 4.74 Å². The number of piperidine rings is 1. The van der Waals surface area contributed by atoms with Gasteiger partial charge < -0.3 is 24.4 Å². The molecule has 0 aliphatic carbocycles. The summed E-state index contributed by atoms with van der Waals surface area (Å²) in [5.74, 6) is 2.00. The highest BCUT2D eigenvalue weighted by molar-refractivity contribution is 5.91. The lowest BCUT2D eigenvalue weighted by atomic mass is 10.0. The minimum absolute atomic E-state index is 0.136. The van der Waals surface area contributed by atoms with E-state index in [1.54, 1.807) is 26.7 Å². The highest BCUT2D eigenvalue weighted by atomic mass is 16.5. The van der Waals surface area contributed by atoms with Gasteiger partial charge in [-0.3, -0.25) is 4.79 Å². The van der Waals surface area contributed by atoms with Crippen molar-refractivity contribution < 1.29 is 9.53 Å². The summed E-state index contributed by atoms with van der Waals surface area (Å²) in [5, 5.41) is 2.26. The lowest BCUT2D eigenvalue weighted by Crippen LogP contribution is -2.39. The van der Waals surface area contributed by atoms with E-state index < -0.39 is 0 Å². The molecule has 0 bridgehead atoms. The maximum absolute atomic E-state index is 12.2. The van der Waals surface area contributed by atoms with E-state index >= 15 is 0 Å². The summed E-state index contributed by atoms with van der Waals surface area (Å²) in [4.78, 5) is 34.5. The van der Waals surface area contributed by atoms with Gasteiger partial charge in [-0.1, -0.05) is 36.8 Å². The van der Waals surface area contributed by atoms with Gasteiger partial charge in [-0.15, -0.1) is 0 Å². The summed E-state index contributed by atoms with van der Waals surface area (Å²) in [6.07, 6.45) is 9.64. The lowest BCUT2D eigenvalue weighted by molar-refractivity contribution is -0.129. The summed E-state index contributed by atoms with van der Waals surface area (Å²) in [6.45, 7) is 8.57. The van der Waals surface area contributed by atoms with E-state index in [1.807, 2.05) is 23.1 Å². The van der Waals surface area contributed by atoms with Gasteiger partial charge in [0.05, 0.1) is 13.4 Å². The molecule has 0 spiro atoms. The molecular weight excluding hydrogens is 490 g/mol. The second kappa shape index (κ2) is 12.9. The molecule has 1 N–H and O–H groups in total. The highest BCUT2D eigenvalue weighted by Gasteiger charge is 2.18. The van der Waals surface area contributed by atoms with Crippen LogP contribution in [-0.2, 0) is 11.3 Å². The van der Waals surface area contributed by atoms with Crippen LogP contribution in [0, 0.1) is 0 Å². The molecule has 2 saturated heterocycles. The molecule has 39 heavy (non-hydrogen) atoms. The number of carbonyl (C=O) groups is 1. The molecule has 2 aliphatic rings. The number of methoxy groups -OCH3 is 1. The number of hydrogen-bond donors (Lipinski definition) is 1. The molecule has 2 fully saturated rings. The van der Waals surface area contributed by atoms with Gasteiger partial charge in [-0.05, 0) is 55.8 Å². The van der Waals surface area contributed by atoms with Crippen molar-refractivity contribution in [2.24, 2.45) is 0 Å². The van der Waals surface area contributed by atoms with E-state index in [1.165, 1.54) is 37.7 Å². The Balaban J connectivity index is 0.000000184. The maximum atomic E-state index is 12.2. The second-order valence-electron chi connectivity index (χ2n) is 10.3. The van der Waals surface area contributed by atoms with Crippen molar-refractivity contribution >= 4 is 33.7 Å². The van der Waals surface area contributed by atoms with Gasteiger partial charge >= 0.3 is 0 Å². The molecule has 206 valence electrons. The molecule has 9 heteroatoms. The largest absolute Gasteiger partial charge is 0.496 e. The number of H-pyrrole nitrogens is 1. The number of amides is 1. The van der Waals surface area contributed by atoms with Crippen LogP contribution in [0.3, 0.4) is 0 Å². The topological polar surface area (TPSA) is 90.5 Å². The van der Waals surface area contributed by atoms with E-state index in [0.29, 0.717) is 6.54 Å². The van der Waals surface area contributed by atoms with Crippen LogP contribution in [0.4, 0.5) is 5.82 Å². The van der Waals surface area contributed by atoms with Gasteiger partial charge in [0.2, 0.25) is 5.91 Å². The van der Waals surface area contributed by atoms with E-state index in [0.717, 1.165) is 72.8 Å². The minimum Gasteiger partial charge on any atom is -0.496 e. The third-order valence-electron chi connectivity index (χ3n) is 7.74. The van der Waals surface area contributed by atoms with E-state index in [-0.39, 0.29) is 5.91 Å². The Morgan fingerprint density at radius 1 is 0.949 bits per heavy atom. The Bertz CT molecular complexity index is 1380. The number of hydrogen-bond acceptors (Lipinski definition) is 7. The SMILES string of the molecule is COc1ccc(CN(CCN2CCCCC2)C(C)=O)c2ccccc12.c1nc(N2CCCC2)c2[nH]cnc2n1. The van der Waals surface area contributed by atoms with Crippen LogP contribution >= 0.6 is 0 Å². The summed E-state index contributed by atoms with van der Waals surface area (Å²) in [5.41, 5.74) is 2.88. The van der Waals surface area contributed by atoms with Gasteiger partial charge in [0.1, 0.15) is 17.6 Å². The Morgan fingerprint density at radius 3 is 2.44 bits per heavy atom. The Labute approximate surface area is 230 Å². The number of rotatable bonds is 7. The van der Waals surface area contributed by atoms with Crippen molar-refractivity contribution in [3.05, 3.63) is 54.6 Å². The number of fused-ring (bicyclic) bond motifs is 2. The van der Waals surface area contributed by atoms with Crippen molar-refractivity contribution in [2.45, 2.75) is 45.6 Å². The monoisotopic (exact) mass is 529 g/mol. The smallest absolute Gasteiger partial charge is 0.219 e. The van der Waals surface area contributed by atoms with E-state index in [2.05, 4.69) is 47.9 Å². The number of carbonyl (C=O) groups excluding carboxylic acids is 1. The molecule has 4 aromatic rings. The van der Waals surface area contributed by atoms with Crippen molar-refractivity contribution in [1.29, 1.82) is 0 Å². The molecule has 2 aliphatic heterocycles. The molecular formula is C30H39N7O2. The molecule has 0 radical (unpaired) electrons. The van der Waals surface area contributed by atoms with Crippen LogP contribution in [0.25, 0.3) is 21.9 Å². The first-order valence-electron chi connectivity index (χ1n) is 14.1. The molecule has 1 amide bonds. The van der Waals surface area contributed by atoms with Crippen LogP contribution in [0.2, 0.25) is 0 Å². The molecule has 0 saturated carbocycles. The van der Waals surface area contributed by atoms with Crippen LogP contribution in [0.15, 0.2) is 49.1 Å². The van der Waals surface area contributed by atoms with Gasteiger partial charge in [-0.2, -0.15) is 0 Å². The number of ether oxygens (including phenoxy) is 1. The summed E-state index contributed by atoms with van der Waals surface area (Å²) in [6, 6.07) is 12.3. The predicted molar refractivity (Wildman–Crippen MR) is 155 cm³/mol. The first-order valence-corrected chi connectivity index (χ1v) is 14.1. The van der Waals surface area contributed by atoms with Crippen LogP contribution in [-0.4, -0.2) is 82.0 Å². The second-order valence-corrected chi connectivity index (χ2v) is 10.3. The Kier molecular flexibility index (Phi) is 8.88. The zero-order chi connectivity index (χ0) is 27.0. The Morgan fingerprint density at radius 2 is 1.69 bits per heavy atom. The quantitative estimate of drug-likeness (QED) is 0.373. The van der Waals surface area contributed by atoms with Gasteiger partial charge in [-0.25, -0.2) is 15.0 Å². The van der Waals surface area contributed by atoms with Crippen LogP contribution in [0.1, 0.15) is 44.6 Å². The van der Waals surface area contributed by atoms with Gasteiger partial charge in [0.15, 0.2) is 11.5 Å². The predicted octanol–water partition coefficient (Wildman–Crippen LogP) is 4.64.